The van der Waals surface area contributed by atoms with E-state index in [1.54, 1.807) is 11.3 Å². The van der Waals surface area contributed by atoms with Gasteiger partial charge < -0.3 is 10.6 Å². The molecule has 0 spiro atoms. The Morgan fingerprint density at radius 2 is 2.16 bits per heavy atom. The van der Waals surface area contributed by atoms with Crippen LogP contribution in [0.1, 0.15) is 25.0 Å². The van der Waals surface area contributed by atoms with Gasteiger partial charge in [-0.1, -0.05) is 28.1 Å². The second kappa shape index (κ2) is 10.5. The van der Waals surface area contributed by atoms with E-state index in [1.807, 2.05) is 34.5 Å². The van der Waals surface area contributed by atoms with E-state index >= 15 is 0 Å². The molecular formula is C17H22BrCl2N3OS. The summed E-state index contributed by atoms with van der Waals surface area (Å²) in [5.74, 6) is 0.145. The van der Waals surface area contributed by atoms with E-state index in [2.05, 4.69) is 20.9 Å². The van der Waals surface area contributed by atoms with Crippen molar-refractivity contribution in [3.63, 3.8) is 0 Å². The number of nitrogens with zero attached hydrogens (tertiary/aromatic N) is 2. The lowest BCUT2D eigenvalue weighted by Gasteiger charge is -2.35. The molecule has 1 aromatic carbocycles. The molecule has 2 aromatic rings. The van der Waals surface area contributed by atoms with E-state index in [9.17, 15) is 4.79 Å². The molecule has 138 valence electrons. The SMILES string of the molecule is Cl.Cl.NCC1CCCCN1C(=O)Cc1csc(-c2cccc(Br)c2)n1. The summed E-state index contributed by atoms with van der Waals surface area (Å²) < 4.78 is 1.03. The molecule has 0 bridgehead atoms. The highest BCUT2D eigenvalue weighted by atomic mass is 79.9. The molecule has 25 heavy (non-hydrogen) atoms. The fourth-order valence-electron chi connectivity index (χ4n) is 2.97. The van der Waals surface area contributed by atoms with Crippen LogP contribution in [-0.4, -0.2) is 34.9 Å². The predicted molar refractivity (Wildman–Crippen MR) is 112 cm³/mol. The largest absolute Gasteiger partial charge is 0.338 e. The molecule has 1 aromatic heterocycles. The van der Waals surface area contributed by atoms with Crippen molar-refractivity contribution in [2.75, 3.05) is 13.1 Å². The topological polar surface area (TPSA) is 59.2 Å². The number of rotatable bonds is 4. The van der Waals surface area contributed by atoms with Crippen LogP contribution in [0.4, 0.5) is 0 Å². The monoisotopic (exact) mass is 465 g/mol. The smallest absolute Gasteiger partial charge is 0.228 e. The summed E-state index contributed by atoms with van der Waals surface area (Å²) >= 11 is 5.06. The van der Waals surface area contributed by atoms with Gasteiger partial charge in [-0.3, -0.25) is 4.79 Å². The van der Waals surface area contributed by atoms with Crippen molar-refractivity contribution in [1.29, 1.82) is 0 Å². The van der Waals surface area contributed by atoms with Crippen LogP contribution in [0.25, 0.3) is 10.6 Å². The number of nitrogens with two attached hydrogens (primary N) is 1. The minimum Gasteiger partial charge on any atom is -0.338 e. The van der Waals surface area contributed by atoms with Crippen molar-refractivity contribution in [3.05, 3.63) is 39.8 Å². The maximum absolute atomic E-state index is 12.6. The summed E-state index contributed by atoms with van der Waals surface area (Å²) in [7, 11) is 0. The van der Waals surface area contributed by atoms with E-state index < -0.39 is 0 Å². The van der Waals surface area contributed by atoms with Gasteiger partial charge in [-0.25, -0.2) is 4.98 Å². The van der Waals surface area contributed by atoms with Crippen molar-refractivity contribution < 1.29 is 4.79 Å². The molecule has 3 rings (SSSR count). The molecule has 1 atom stereocenters. The Balaban J connectivity index is 0.00000156. The molecule has 1 aliphatic heterocycles. The van der Waals surface area contributed by atoms with Gasteiger partial charge in [-0.05, 0) is 31.4 Å². The fourth-order valence-corrected chi connectivity index (χ4v) is 4.19. The summed E-state index contributed by atoms with van der Waals surface area (Å²) in [5.41, 5.74) is 7.72. The molecule has 0 saturated carbocycles. The van der Waals surface area contributed by atoms with E-state index in [1.165, 1.54) is 0 Å². The summed E-state index contributed by atoms with van der Waals surface area (Å²) in [6.07, 6.45) is 3.61. The first-order valence-electron chi connectivity index (χ1n) is 7.87. The molecule has 1 amide bonds. The molecule has 2 N–H and O–H groups in total. The van der Waals surface area contributed by atoms with Crippen LogP contribution < -0.4 is 5.73 Å². The van der Waals surface area contributed by atoms with E-state index in [0.717, 1.165) is 46.5 Å². The van der Waals surface area contributed by atoms with Gasteiger partial charge in [0.15, 0.2) is 0 Å². The maximum Gasteiger partial charge on any atom is 0.228 e. The van der Waals surface area contributed by atoms with Crippen molar-refractivity contribution in [2.24, 2.45) is 5.73 Å². The lowest BCUT2D eigenvalue weighted by molar-refractivity contribution is -0.133. The lowest BCUT2D eigenvalue weighted by atomic mass is 10.0. The van der Waals surface area contributed by atoms with Crippen molar-refractivity contribution in [1.82, 2.24) is 9.88 Å². The van der Waals surface area contributed by atoms with E-state index in [0.29, 0.717) is 13.0 Å². The first-order valence-corrected chi connectivity index (χ1v) is 9.54. The van der Waals surface area contributed by atoms with E-state index in [-0.39, 0.29) is 36.8 Å². The average molecular weight is 467 g/mol. The third kappa shape index (κ3) is 5.66. The predicted octanol–water partition coefficient (Wildman–Crippen LogP) is 4.30. The number of hydrogen-bond donors (Lipinski definition) is 1. The van der Waals surface area contributed by atoms with Crippen LogP contribution in [-0.2, 0) is 11.2 Å². The van der Waals surface area contributed by atoms with Gasteiger partial charge in [-0.15, -0.1) is 36.2 Å². The molecule has 0 aliphatic carbocycles. The standard InChI is InChI=1S/C17H20BrN3OS.2ClH/c18-13-5-3-4-12(8-13)17-20-14(11-23-17)9-16(22)21-7-2-1-6-15(21)10-19;;/h3-5,8,11,15H,1-2,6-7,9-10,19H2;2*1H. The van der Waals surface area contributed by atoms with Gasteiger partial charge in [0.1, 0.15) is 5.01 Å². The molecule has 2 heterocycles. The van der Waals surface area contributed by atoms with Crippen LogP contribution in [0.2, 0.25) is 0 Å². The number of carbonyl (C=O) groups excluding carboxylic acids is 1. The van der Waals surface area contributed by atoms with Crippen LogP contribution in [0.3, 0.4) is 0 Å². The molecule has 0 radical (unpaired) electrons. The second-order valence-electron chi connectivity index (χ2n) is 5.80. The minimum absolute atomic E-state index is 0. The lowest BCUT2D eigenvalue weighted by Crippen LogP contribution is -2.48. The fraction of sp³-hybridized carbons (Fsp3) is 0.412. The molecule has 4 nitrogen and oxygen atoms in total. The second-order valence-corrected chi connectivity index (χ2v) is 7.58. The minimum atomic E-state index is 0. The van der Waals surface area contributed by atoms with Crippen molar-refractivity contribution in [2.45, 2.75) is 31.7 Å². The Morgan fingerprint density at radius 3 is 2.88 bits per heavy atom. The van der Waals surface area contributed by atoms with Crippen LogP contribution >= 0.6 is 52.1 Å². The normalized spacial score (nSPS) is 16.7. The highest BCUT2D eigenvalue weighted by molar-refractivity contribution is 9.10. The van der Waals surface area contributed by atoms with Crippen molar-refractivity contribution in [3.8, 4) is 10.6 Å². The zero-order valence-electron chi connectivity index (χ0n) is 13.7. The van der Waals surface area contributed by atoms with Gasteiger partial charge in [0.05, 0.1) is 12.1 Å². The zero-order valence-corrected chi connectivity index (χ0v) is 17.7. The third-order valence-corrected chi connectivity index (χ3v) is 5.61. The Kier molecular flexibility index (Phi) is 9.38. The van der Waals surface area contributed by atoms with E-state index in [4.69, 9.17) is 5.73 Å². The number of piperidine rings is 1. The number of aromatic nitrogens is 1. The molecule has 1 fully saturated rings. The average Bonchev–Trinajstić information content (AvgIpc) is 3.03. The van der Waals surface area contributed by atoms with Gasteiger partial charge in [-0.2, -0.15) is 0 Å². The molecule has 1 aliphatic rings. The number of halogens is 3. The highest BCUT2D eigenvalue weighted by Crippen LogP contribution is 2.27. The first kappa shape index (κ1) is 22.4. The number of likely N-dealkylation sites (tertiary alicyclic amines) is 1. The zero-order chi connectivity index (χ0) is 16.2. The number of carbonyl (C=O) groups is 1. The van der Waals surface area contributed by atoms with Gasteiger partial charge in [0.2, 0.25) is 5.91 Å². The summed E-state index contributed by atoms with van der Waals surface area (Å²) in [4.78, 5) is 19.1. The van der Waals surface area contributed by atoms with Crippen molar-refractivity contribution >= 4 is 58.0 Å². The van der Waals surface area contributed by atoms with Gasteiger partial charge in [0, 0.05) is 34.5 Å². The Hall–Kier alpha value is -0.660. The summed E-state index contributed by atoms with van der Waals surface area (Å²) in [6.45, 7) is 1.37. The molecule has 8 heteroatoms. The van der Waals surface area contributed by atoms with Gasteiger partial charge >= 0.3 is 0 Å². The van der Waals surface area contributed by atoms with Crippen LogP contribution in [0, 0.1) is 0 Å². The highest BCUT2D eigenvalue weighted by Gasteiger charge is 2.25. The Morgan fingerprint density at radius 1 is 1.36 bits per heavy atom. The molecule has 1 unspecified atom stereocenters. The van der Waals surface area contributed by atoms with Gasteiger partial charge in [0.25, 0.3) is 0 Å². The first-order chi connectivity index (χ1) is 11.2. The number of thiazole rings is 1. The summed E-state index contributed by atoms with van der Waals surface area (Å²) in [6, 6.07) is 8.25. The quantitative estimate of drug-likeness (QED) is 0.730. The number of benzene rings is 1. The van der Waals surface area contributed by atoms with Crippen LogP contribution in [0.5, 0.6) is 0 Å². The van der Waals surface area contributed by atoms with Crippen LogP contribution in [0.15, 0.2) is 34.1 Å². The maximum atomic E-state index is 12.6. The summed E-state index contributed by atoms with van der Waals surface area (Å²) in [5, 5.41) is 2.93. The Labute approximate surface area is 173 Å². The number of amides is 1. The number of hydrogen-bond acceptors (Lipinski definition) is 4. The molecular weight excluding hydrogens is 445 g/mol. The third-order valence-electron chi connectivity index (χ3n) is 4.18. The Bertz CT molecular complexity index is 698. The molecule has 1 saturated heterocycles.